The van der Waals surface area contributed by atoms with Crippen LogP contribution in [0.4, 0.5) is 0 Å². The van der Waals surface area contributed by atoms with E-state index >= 15 is 0 Å². The first-order valence-electron chi connectivity index (χ1n) is 12.9. The Morgan fingerprint density at radius 3 is 1.39 bits per heavy atom. The van der Waals surface area contributed by atoms with E-state index in [0.717, 1.165) is 20.0 Å². The molecule has 2 aromatic rings. The number of hydrogen-bond acceptors (Lipinski definition) is 8. The molecule has 2 fully saturated rings. The van der Waals surface area contributed by atoms with Gasteiger partial charge in [0.05, 0.1) is 52.9 Å². The third-order valence-electron chi connectivity index (χ3n) is 6.15. The molecule has 10 heteroatoms. The monoisotopic (exact) mass is 754 g/mol. The predicted octanol–water partition coefficient (Wildman–Crippen LogP) is 4.89. The summed E-state index contributed by atoms with van der Waals surface area (Å²) in [6, 6.07) is 19.8. The minimum Gasteiger partial charge on any atom is -0.378 e. The highest BCUT2D eigenvalue weighted by Gasteiger charge is 2.46. The third-order valence-corrected chi connectivity index (χ3v) is 7.03. The number of hydrogen-bond donors (Lipinski definition) is 0. The van der Waals surface area contributed by atoms with E-state index in [1.807, 2.05) is 60.7 Å². The number of alkyl halides is 2. The number of ether oxygens (including phenoxy) is 8. The number of benzene rings is 2. The highest BCUT2D eigenvalue weighted by Crippen LogP contribution is 2.36. The molecule has 2 aliphatic heterocycles. The first-order chi connectivity index (χ1) is 18.8. The standard InChI is InChI=1S/C28H36I2O8/c29-11-13-31-15-17-33-23-19-35-27(21-7-3-1-4-8-21)37-25(23)26-24(34-18-16-32-14-12-30)20-36-28(38-26)22-9-5-2-6-10-22/h1-10,23-28H,11-20H2/t23-,24-,25?,26?,27-,28-/m0/s1. The minimum absolute atomic E-state index is 0.360. The van der Waals surface area contributed by atoms with Gasteiger partial charge in [0.15, 0.2) is 12.6 Å². The summed E-state index contributed by atoms with van der Waals surface area (Å²) in [6.45, 7) is 3.98. The van der Waals surface area contributed by atoms with Crippen LogP contribution < -0.4 is 0 Å². The molecule has 2 saturated heterocycles. The molecule has 0 bridgehead atoms. The number of rotatable bonds is 15. The molecule has 2 aliphatic rings. The van der Waals surface area contributed by atoms with Crippen LogP contribution in [0.1, 0.15) is 23.7 Å². The molecule has 2 aromatic carbocycles. The molecule has 0 aliphatic carbocycles. The summed E-state index contributed by atoms with van der Waals surface area (Å²) in [6.07, 6.45) is -2.70. The summed E-state index contributed by atoms with van der Waals surface area (Å²) < 4.78 is 51.0. The van der Waals surface area contributed by atoms with Crippen LogP contribution in [0.3, 0.4) is 0 Å². The van der Waals surface area contributed by atoms with Crippen molar-refractivity contribution in [1.29, 1.82) is 0 Å². The molecule has 0 N–H and O–H groups in total. The Morgan fingerprint density at radius 2 is 1.00 bits per heavy atom. The molecule has 38 heavy (non-hydrogen) atoms. The minimum atomic E-state index is -0.537. The second kappa shape index (κ2) is 17.4. The van der Waals surface area contributed by atoms with Crippen molar-refractivity contribution in [3.05, 3.63) is 71.8 Å². The second-order valence-electron chi connectivity index (χ2n) is 8.77. The van der Waals surface area contributed by atoms with Gasteiger partial charge in [-0.2, -0.15) is 0 Å². The molecule has 2 heterocycles. The van der Waals surface area contributed by atoms with Crippen LogP contribution in [0.15, 0.2) is 60.7 Å². The summed E-state index contributed by atoms with van der Waals surface area (Å²) >= 11 is 4.58. The number of halogens is 2. The van der Waals surface area contributed by atoms with Crippen LogP contribution in [0, 0.1) is 0 Å². The van der Waals surface area contributed by atoms with E-state index in [2.05, 4.69) is 45.2 Å². The van der Waals surface area contributed by atoms with E-state index in [9.17, 15) is 0 Å². The van der Waals surface area contributed by atoms with E-state index < -0.39 is 24.8 Å². The molecular formula is C28H36I2O8. The molecule has 0 spiro atoms. The molecule has 8 nitrogen and oxygen atoms in total. The average molecular weight is 754 g/mol. The lowest BCUT2D eigenvalue weighted by Gasteiger charge is -2.45. The maximum absolute atomic E-state index is 6.58. The van der Waals surface area contributed by atoms with Crippen molar-refractivity contribution in [3.63, 3.8) is 0 Å². The van der Waals surface area contributed by atoms with Gasteiger partial charge in [0.1, 0.15) is 24.4 Å². The Bertz CT molecular complexity index is 819. The van der Waals surface area contributed by atoms with Crippen LogP contribution in [0.5, 0.6) is 0 Å². The molecule has 0 amide bonds. The van der Waals surface area contributed by atoms with Gasteiger partial charge < -0.3 is 37.9 Å². The molecule has 210 valence electrons. The lowest BCUT2D eigenvalue weighted by atomic mass is 10.00. The highest BCUT2D eigenvalue weighted by atomic mass is 127. The van der Waals surface area contributed by atoms with Crippen molar-refractivity contribution >= 4 is 45.2 Å². The third kappa shape index (κ3) is 9.32. The lowest BCUT2D eigenvalue weighted by Crippen LogP contribution is -2.57. The van der Waals surface area contributed by atoms with Crippen LogP contribution in [-0.2, 0) is 37.9 Å². The quantitative estimate of drug-likeness (QED) is 0.145. The van der Waals surface area contributed by atoms with Crippen LogP contribution in [0.2, 0.25) is 0 Å². The van der Waals surface area contributed by atoms with Crippen molar-refractivity contribution in [3.8, 4) is 0 Å². The largest absolute Gasteiger partial charge is 0.378 e. The zero-order valence-electron chi connectivity index (χ0n) is 21.3. The zero-order chi connectivity index (χ0) is 26.4. The Hall–Kier alpha value is -0.420. The van der Waals surface area contributed by atoms with E-state index in [-0.39, 0.29) is 12.2 Å². The zero-order valence-corrected chi connectivity index (χ0v) is 25.6. The van der Waals surface area contributed by atoms with E-state index in [1.165, 1.54) is 0 Å². The molecule has 0 saturated carbocycles. The topological polar surface area (TPSA) is 73.8 Å². The van der Waals surface area contributed by atoms with Crippen molar-refractivity contribution in [2.45, 2.75) is 37.0 Å². The maximum Gasteiger partial charge on any atom is 0.184 e. The first kappa shape index (κ1) is 30.5. The normalized spacial score (nSPS) is 27.8. The van der Waals surface area contributed by atoms with Gasteiger partial charge >= 0.3 is 0 Å². The van der Waals surface area contributed by atoms with Gasteiger partial charge in [-0.3, -0.25) is 0 Å². The SMILES string of the molecule is ICCOCCO[C@H]1CO[C@H](c2ccccc2)OC1C1O[C@@H](c2ccccc2)OC[C@@H]1OCCOCCI. The van der Waals surface area contributed by atoms with Crippen molar-refractivity contribution in [2.75, 3.05) is 61.7 Å². The Kier molecular flexibility index (Phi) is 14.0. The van der Waals surface area contributed by atoms with E-state index in [0.29, 0.717) is 52.9 Å². The molecule has 0 radical (unpaired) electrons. The van der Waals surface area contributed by atoms with Crippen LogP contribution >= 0.6 is 45.2 Å². The van der Waals surface area contributed by atoms with Gasteiger partial charge in [0, 0.05) is 20.0 Å². The molecule has 0 aromatic heterocycles. The van der Waals surface area contributed by atoms with E-state index in [1.54, 1.807) is 0 Å². The average Bonchev–Trinajstić information content (AvgIpc) is 2.98. The second-order valence-corrected chi connectivity index (χ2v) is 10.9. The summed E-state index contributed by atoms with van der Waals surface area (Å²) in [5, 5.41) is 0. The maximum atomic E-state index is 6.58. The van der Waals surface area contributed by atoms with Crippen molar-refractivity contribution in [1.82, 2.24) is 0 Å². The fraction of sp³-hybridized carbons (Fsp3) is 0.571. The predicted molar refractivity (Wildman–Crippen MR) is 159 cm³/mol. The summed E-state index contributed by atoms with van der Waals surface area (Å²) in [5.74, 6) is 0. The van der Waals surface area contributed by atoms with Crippen molar-refractivity contribution < 1.29 is 37.9 Å². The fourth-order valence-corrected chi connectivity index (χ4v) is 4.98. The van der Waals surface area contributed by atoms with Crippen molar-refractivity contribution in [2.24, 2.45) is 0 Å². The smallest absolute Gasteiger partial charge is 0.184 e. The summed E-state index contributed by atoms with van der Waals surface area (Å²) in [4.78, 5) is 0. The van der Waals surface area contributed by atoms with E-state index in [4.69, 9.17) is 37.9 Å². The van der Waals surface area contributed by atoms with Crippen LogP contribution in [0.25, 0.3) is 0 Å². The van der Waals surface area contributed by atoms with Gasteiger partial charge in [0.2, 0.25) is 0 Å². The lowest BCUT2D eigenvalue weighted by molar-refractivity contribution is -0.340. The van der Waals surface area contributed by atoms with Gasteiger partial charge in [-0.15, -0.1) is 0 Å². The van der Waals surface area contributed by atoms with Gasteiger partial charge in [-0.1, -0.05) is 106 Å². The highest BCUT2D eigenvalue weighted by molar-refractivity contribution is 14.1. The Morgan fingerprint density at radius 1 is 0.579 bits per heavy atom. The van der Waals surface area contributed by atoms with Gasteiger partial charge in [-0.05, 0) is 0 Å². The van der Waals surface area contributed by atoms with Gasteiger partial charge in [0.25, 0.3) is 0 Å². The summed E-state index contributed by atoms with van der Waals surface area (Å²) in [5.41, 5.74) is 1.88. The van der Waals surface area contributed by atoms with Gasteiger partial charge in [-0.25, -0.2) is 0 Å². The van der Waals surface area contributed by atoms with Crippen LogP contribution in [-0.4, -0.2) is 86.1 Å². The summed E-state index contributed by atoms with van der Waals surface area (Å²) in [7, 11) is 0. The first-order valence-corrected chi connectivity index (χ1v) is 16.0. The molecule has 4 rings (SSSR count). The molecular weight excluding hydrogens is 718 g/mol. The fourth-order valence-electron chi connectivity index (χ4n) is 4.36. The Balaban J connectivity index is 1.51. The Labute approximate surface area is 252 Å². The molecule has 6 atom stereocenters. The molecule has 2 unspecified atom stereocenters.